The molecule has 0 aliphatic carbocycles. The maximum atomic E-state index is 5.92. The van der Waals surface area contributed by atoms with Crippen LogP contribution < -0.4 is 10.0 Å². The van der Waals surface area contributed by atoms with Gasteiger partial charge in [0.25, 0.3) is 0 Å². The highest BCUT2D eigenvalue weighted by Gasteiger charge is 2.19. The lowest BCUT2D eigenvalue weighted by atomic mass is 10.2. The van der Waals surface area contributed by atoms with E-state index in [9.17, 15) is 0 Å². The van der Waals surface area contributed by atoms with E-state index < -0.39 is 0 Å². The van der Waals surface area contributed by atoms with Crippen molar-refractivity contribution >= 4 is 38.4 Å². The molecule has 1 aliphatic heterocycles. The summed E-state index contributed by atoms with van der Waals surface area (Å²) in [6.07, 6.45) is 1.21. The van der Waals surface area contributed by atoms with Gasteiger partial charge in [0.1, 0.15) is 12.4 Å². The molecular formula is C12H21NOP4. The molecule has 0 radical (unpaired) electrons. The van der Waals surface area contributed by atoms with Crippen LogP contribution in [0.1, 0.15) is 18.9 Å². The lowest BCUT2D eigenvalue weighted by Crippen LogP contribution is -2.27. The van der Waals surface area contributed by atoms with E-state index in [1.165, 1.54) is 17.3 Å². The lowest BCUT2D eigenvalue weighted by Gasteiger charge is -2.21. The van der Waals surface area contributed by atoms with Gasteiger partial charge in [-0.1, -0.05) is 27.0 Å². The van der Waals surface area contributed by atoms with Gasteiger partial charge in [0.15, 0.2) is 0 Å². The summed E-state index contributed by atoms with van der Waals surface area (Å²) in [7, 11) is 6.67. The van der Waals surface area contributed by atoms with Crippen LogP contribution in [0.4, 0.5) is 0 Å². The third kappa shape index (κ3) is 3.62. The second-order valence-electron chi connectivity index (χ2n) is 4.38. The molecule has 0 fully saturated rings. The molecule has 0 spiro atoms. The fraction of sp³-hybridized carbons (Fsp3) is 0.500. The Morgan fingerprint density at radius 3 is 3.06 bits per heavy atom. The molecule has 0 aromatic heterocycles. The highest BCUT2D eigenvalue weighted by atomic mass is 32.6. The molecule has 4 unspecified atom stereocenters. The van der Waals surface area contributed by atoms with Crippen LogP contribution in [-0.4, -0.2) is 24.6 Å². The normalized spacial score (nSPS) is 18.4. The fourth-order valence-electron chi connectivity index (χ4n) is 2.24. The predicted octanol–water partition coefficient (Wildman–Crippen LogP) is 3.57. The average Bonchev–Trinajstić information content (AvgIpc) is 2.59. The molecule has 100 valence electrons. The van der Waals surface area contributed by atoms with Crippen molar-refractivity contribution in [2.45, 2.75) is 19.9 Å². The van der Waals surface area contributed by atoms with Crippen LogP contribution in [0, 0.1) is 0 Å². The number of fused-ring (bicyclic) bond motifs is 1. The van der Waals surface area contributed by atoms with Crippen molar-refractivity contribution < 1.29 is 4.74 Å². The number of hydrogen-bond donors (Lipinski definition) is 0. The molecule has 4 atom stereocenters. The summed E-state index contributed by atoms with van der Waals surface area (Å²) in [5.74, 6) is 1.10. The van der Waals surface area contributed by atoms with Crippen molar-refractivity contribution in [1.29, 1.82) is 0 Å². The van der Waals surface area contributed by atoms with E-state index >= 15 is 0 Å². The molecular weight excluding hydrogens is 298 g/mol. The van der Waals surface area contributed by atoms with Crippen LogP contribution in [0.3, 0.4) is 0 Å². The van der Waals surface area contributed by atoms with Gasteiger partial charge in [-0.2, -0.15) is 0 Å². The summed E-state index contributed by atoms with van der Waals surface area (Å²) < 4.78 is 5.92. The highest BCUT2D eigenvalue weighted by Crippen LogP contribution is 2.65. The zero-order valence-electron chi connectivity index (χ0n) is 10.7. The molecule has 0 bridgehead atoms. The van der Waals surface area contributed by atoms with Gasteiger partial charge in [-0.25, -0.2) is 0 Å². The third-order valence-electron chi connectivity index (χ3n) is 3.09. The van der Waals surface area contributed by atoms with Crippen LogP contribution in [0.25, 0.3) is 0 Å². The van der Waals surface area contributed by atoms with Gasteiger partial charge < -0.3 is 4.74 Å². The van der Waals surface area contributed by atoms with Gasteiger partial charge in [0, 0.05) is 18.7 Å². The van der Waals surface area contributed by atoms with Crippen molar-refractivity contribution in [3.05, 3.63) is 23.8 Å². The summed E-state index contributed by atoms with van der Waals surface area (Å²) in [5.41, 5.74) is 1.42. The first kappa shape index (κ1) is 15.1. The van der Waals surface area contributed by atoms with Crippen LogP contribution >= 0.6 is 33.1 Å². The standard InChI is InChI=1S/C12H21NOP4/c1-2-6-13-7-8-14-11-4-3-5-12(10(11)9-13)18(16)17-15/h3-5,17H,2,6-9,15-16H2,1H3. The lowest BCUT2D eigenvalue weighted by molar-refractivity contribution is 0.226. The quantitative estimate of drug-likeness (QED) is 0.787. The van der Waals surface area contributed by atoms with Crippen molar-refractivity contribution in [3.8, 4) is 5.75 Å². The SMILES string of the molecule is CCCN1CCOc2cccc(P(P)PP)c2C1. The first-order chi connectivity index (χ1) is 8.76. The van der Waals surface area contributed by atoms with Crippen LogP contribution in [0.5, 0.6) is 5.75 Å². The molecule has 0 amide bonds. The first-order valence-electron chi connectivity index (χ1n) is 6.24. The zero-order valence-corrected chi connectivity index (χ0v) is 14.9. The molecule has 1 aliphatic rings. The highest BCUT2D eigenvalue weighted by molar-refractivity contribution is 8.63. The van der Waals surface area contributed by atoms with Crippen LogP contribution in [0.15, 0.2) is 18.2 Å². The topological polar surface area (TPSA) is 12.5 Å². The van der Waals surface area contributed by atoms with Gasteiger partial charge in [-0.3, -0.25) is 4.90 Å². The van der Waals surface area contributed by atoms with Crippen LogP contribution in [0.2, 0.25) is 0 Å². The molecule has 1 aromatic carbocycles. The Labute approximate surface area is 117 Å². The van der Waals surface area contributed by atoms with E-state index in [4.69, 9.17) is 4.74 Å². The van der Waals surface area contributed by atoms with E-state index in [2.05, 4.69) is 47.9 Å². The van der Waals surface area contributed by atoms with Crippen molar-refractivity contribution in [3.63, 3.8) is 0 Å². The van der Waals surface area contributed by atoms with Crippen molar-refractivity contribution in [2.75, 3.05) is 19.7 Å². The Morgan fingerprint density at radius 2 is 2.33 bits per heavy atom. The molecule has 0 N–H and O–H groups in total. The fourth-order valence-corrected chi connectivity index (χ4v) is 6.12. The summed E-state index contributed by atoms with van der Waals surface area (Å²) in [6, 6.07) is 6.52. The summed E-state index contributed by atoms with van der Waals surface area (Å²) >= 11 is 0. The van der Waals surface area contributed by atoms with Crippen molar-refractivity contribution in [2.24, 2.45) is 0 Å². The molecule has 1 aromatic rings. The van der Waals surface area contributed by atoms with E-state index in [1.54, 1.807) is 0 Å². The number of hydrogen-bond acceptors (Lipinski definition) is 2. The van der Waals surface area contributed by atoms with Gasteiger partial charge in [-0.15, -0.1) is 17.9 Å². The largest absolute Gasteiger partial charge is 0.492 e. The molecule has 18 heavy (non-hydrogen) atoms. The van der Waals surface area contributed by atoms with Crippen molar-refractivity contribution in [1.82, 2.24) is 4.90 Å². The molecule has 0 saturated heterocycles. The number of nitrogens with zero attached hydrogens (tertiary/aromatic N) is 1. The molecule has 6 heteroatoms. The van der Waals surface area contributed by atoms with Crippen LogP contribution in [-0.2, 0) is 6.54 Å². The number of ether oxygens (including phenoxy) is 1. The second-order valence-corrected chi connectivity index (χ2v) is 13.5. The smallest absolute Gasteiger partial charge is 0.124 e. The third-order valence-corrected chi connectivity index (χ3v) is 13.2. The number of rotatable bonds is 4. The van der Waals surface area contributed by atoms with Gasteiger partial charge in [0.05, 0.1) is 0 Å². The molecule has 2 nitrogen and oxygen atoms in total. The van der Waals surface area contributed by atoms with E-state index in [1.807, 2.05) is 0 Å². The van der Waals surface area contributed by atoms with Gasteiger partial charge >= 0.3 is 0 Å². The average molecular weight is 319 g/mol. The number of benzene rings is 1. The minimum atomic E-state index is -0.128. The predicted molar refractivity (Wildman–Crippen MR) is 91.8 cm³/mol. The van der Waals surface area contributed by atoms with Gasteiger partial charge in [0.2, 0.25) is 0 Å². The Morgan fingerprint density at radius 1 is 1.50 bits per heavy atom. The molecule has 0 saturated carbocycles. The minimum Gasteiger partial charge on any atom is -0.492 e. The summed E-state index contributed by atoms with van der Waals surface area (Å²) in [4.78, 5) is 2.51. The Hall–Kier alpha value is 0.700. The summed E-state index contributed by atoms with van der Waals surface area (Å²) in [6.45, 7) is 6.30. The Bertz CT molecular complexity index is 402. The first-order valence-corrected chi connectivity index (χ1v) is 12.9. The molecule has 2 rings (SSSR count). The van der Waals surface area contributed by atoms with E-state index in [-0.39, 0.29) is 7.30 Å². The van der Waals surface area contributed by atoms with E-state index in [0.29, 0.717) is 0 Å². The minimum absolute atomic E-state index is 0.128. The maximum Gasteiger partial charge on any atom is 0.124 e. The second kappa shape index (κ2) is 7.47. The van der Waals surface area contributed by atoms with Gasteiger partial charge in [-0.05, 0) is 31.6 Å². The van der Waals surface area contributed by atoms with E-state index in [0.717, 1.165) is 39.9 Å². The maximum absolute atomic E-state index is 5.92. The monoisotopic (exact) mass is 319 g/mol. The molecule has 1 heterocycles. The Balaban J connectivity index is 2.30. The Kier molecular flexibility index (Phi) is 6.27. The summed E-state index contributed by atoms with van der Waals surface area (Å²) in [5, 5.41) is 1.49. The zero-order chi connectivity index (χ0) is 13.0.